The van der Waals surface area contributed by atoms with Crippen LogP contribution in [0.15, 0.2) is 76.5 Å². The molecule has 0 saturated heterocycles. The first kappa shape index (κ1) is 23.6. The lowest BCUT2D eigenvalue weighted by Gasteiger charge is -2.13. The SMILES string of the molecule is CCOc1ccc(CCS(=O)(=O)c2ccc(O)cc2)cc1CS(=O)(=O)c1ccc(O)cc1. The Bertz CT molecular complexity index is 1280. The summed E-state index contributed by atoms with van der Waals surface area (Å²) >= 11 is 0. The summed E-state index contributed by atoms with van der Waals surface area (Å²) in [5.74, 6) is -0.132. The molecule has 3 rings (SSSR count). The standard InChI is InChI=1S/C23H24O7S2/c1-2-30-23-12-3-17(13-14-31(26,27)21-8-4-19(24)5-9-21)15-18(23)16-32(28,29)22-10-6-20(25)7-11-22/h3-12,15,24-25H,2,13-14,16H2,1H3. The molecule has 0 aliphatic carbocycles. The molecule has 0 saturated carbocycles. The Hall–Kier alpha value is -3.04. The fraction of sp³-hybridized carbons (Fsp3) is 0.217. The van der Waals surface area contributed by atoms with Crippen LogP contribution >= 0.6 is 0 Å². The first-order valence-corrected chi connectivity index (χ1v) is 13.2. The van der Waals surface area contributed by atoms with Gasteiger partial charge in [0.15, 0.2) is 19.7 Å². The molecule has 3 aromatic rings. The number of aromatic hydroxyl groups is 2. The van der Waals surface area contributed by atoms with Gasteiger partial charge in [-0.3, -0.25) is 0 Å². The Morgan fingerprint density at radius 1 is 0.750 bits per heavy atom. The molecule has 0 heterocycles. The van der Waals surface area contributed by atoms with Gasteiger partial charge in [0, 0.05) is 5.56 Å². The van der Waals surface area contributed by atoms with E-state index in [9.17, 15) is 27.0 Å². The largest absolute Gasteiger partial charge is 0.508 e. The Kier molecular flexibility index (Phi) is 7.10. The normalized spacial score (nSPS) is 11.9. The van der Waals surface area contributed by atoms with E-state index < -0.39 is 19.7 Å². The van der Waals surface area contributed by atoms with E-state index in [1.54, 1.807) is 25.1 Å². The maximum Gasteiger partial charge on any atom is 0.182 e. The second-order valence-electron chi connectivity index (χ2n) is 7.19. The van der Waals surface area contributed by atoms with Crippen molar-refractivity contribution in [2.75, 3.05) is 12.4 Å². The van der Waals surface area contributed by atoms with Crippen LogP contribution in [0.2, 0.25) is 0 Å². The molecule has 7 nitrogen and oxygen atoms in total. The van der Waals surface area contributed by atoms with E-state index in [4.69, 9.17) is 4.74 Å². The molecule has 9 heteroatoms. The molecular formula is C23H24O7S2. The minimum atomic E-state index is -3.71. The van der Waals surface area contributed by atoms with Crippen LogP contribution < -0.4 is 4.74 Å². The van der Waals surface area contributed by atoms with Gasteiger partial charge in [-0.15, -0.1) is 0 Å². The second-order valence-corrected chi connectivity index (χ2v) is 11.3. The van der Waals surface area contributed by atoms with Crippen LogP contribution in [0.4, 0.5) is 0 Å². The lowest BCUT2D eigenvalue weighted by Crippen LogP contribution is -2.11. The number of phenols is 2. The molecule has 170 valence electrons. The number of phenolic OH excluding ortho intramolecular Hbond substituents is 2. The van der Waals surface area contributed by atoms with E-state index in [2.05, 4.69) is 0 Å². The van der Waals surface area contributed by atoms with Crippen molar-refractivity contribution >= 4 is 19.7 Å². The van der Waals surface area contributed by atoms with Gasteiger partial charge in [0.2, 0.25) is 0 Å². The van der Waals surface area contributed by atoms with Crippen molar-refractivity contribution < 1.29 is 31.8 Å². The fourth-order valence-electron chi connectivity index (χ4n) is 3.16. The molecule has 0 fully saturated rings. The lowest BCUT2D eigenvalue weighted by molar-refractivity contribution is 0.337. The average Bonchev–Trinajstić information content (AvgIpc) is 2.74. The highest BCUT2D eigenvalue weighted by atomic mass is 32.2. The summed E-state index contributed by atoms with van der Waals surface area (Å²) in [5.41, 5.74) is 1.09. The molecule has 2 N–H and O–H groups in total. The van der Waals surface area contributed by atoms with Gasteiger partial charge >= 0.3 is 0 Å². The predicted octanol–water partition coefficient (Wildman–Crippen LogP) is 3.49. The van der Waals surface area contributed by atoms with E-state index in [0.717, 1.165) is 0 Å². The Morgan fingerprint density at radius 2 is 1.28 bits per heavy atom. The van der Waals surface area contributed by atoms with Crippen molar-refractivity contribution in [3.05, 3.63) is 77.9 Å². The van der Waals surface area contributed by atoms with Gasteiger partial charge in [-0.25, -0.2) is 16.8 Å². The quantitative estimate of drug-likeness (QED) is 0.485. The molecule has 0 spiro atoms. The van der Waals surface area contributed by atoms with Gasteiger partial charge in [-0.05, 0) is 73.5 Å². The molecule has 3 aromatic carbocycles. The topological polar surface area (TPSA) is 118 Å². The van der Waals surface area contributed by atoms with Crippen LogP contribution in [-0.4, -0.2) is 39.4 Å². The van der Waals surface area contributed by atoms with Gasteiger partial charge in [0.25, 0.3) is 0 Å². The van der Waals surface area contributed by atoms with E-state index in [0.29, 0.717) is 23.5 Å². The summed E-state index contributed by atoms with van der Waals surface area (Å²) in [6.07, 6.45) is 0.182. The number of aryl methyl sites for hydroxylation is 1. The lowest BCUT2D eigenvalue weighted by atomic mass is 10.1. The van der Waals surface area contributed by atoms with Gasteiger partial charge in [-0.2, -0.15) is 0 Å². The first-order valence-electron chi connectivity index (χ1n) is 9.89. The van der Waals surface area contributed by atoms with E-state index in [-0.39, 0.29) is 39.2 Å². The Morgan fingerprint density at radius 3 is 1.81 bits per heavy atom. The molecule has 0 bridgehead atoms. The van der Waals surface area contributed by atoms with Crippen molar-refractivity contribution in [3.8, 4) is 17.2 Å². The van der Waals surface area contributed by atoms with Gasteiger partial charge in [-0.1, -0.05) is 12.1 Å². The van der Waals surface area contributed by atoms with Crippen LogP contribution in [0.5, 0.6) is 17.2 Å². The second kappa shape index (κ2) is 9.62. The average molecular weight is 477 g/mol. The maximum atomic E-state index is 12.9. The number of rotatable bonds is 9. The smallest absolute Gasteiger partial charge is 0.182 e. The number of hydrogen-bond acceptors (Lipinski definition) is 7. The van der Waals surface area contributed by atoms with Crippen molar-refractivity contribution in [3.63, 3.8) is 0 Å². The first-order chi connectivity index (χ1) is 15.1. The molecule has 0 aliphatic heterocycles. The summed E-state index contributed by atoms with van der Waals surface area (Å²) in [6, 6.07) is 15.6. The Labute approximate surface area is 187 Å². The highest BCUT2D eigenvalue weighted by molar-refractivity contribution is 7.91. The van der Waals surface area contributed by atoms with Gasteiger partial charge in [0.1, 0.15) is 17.2 Å². The third kappa shape index (κ3) is 5.80. The maximum absolute atomic E-state index is 12.9. The van der Waals surface area contributed by atoms with Crippen LogP contribution in [0, 0.1) is 0 Å². The van der Waals surface area contributed by atoms with E-state index in [1.165, 1.54) is 48.5 Å². The van der Waals surface area contributed by atoms with Crippen molar-refractivity contribution in [1.29, 1.82) is 0 Å². The minimum absolute atomic E-state index is 0.0186. The minimum Gasteiger partial charge on any atom is -0.508 e. The number of ether oxygens (including phenoxy) is 1. The zero-order chi connectivity index (χ0) is 23.4. The highest BCUT2D eigenvalue weighted by Gasteiger charge is 2.20. The molecule has 0 atom stereocenters. The van der Waals surface area contributed by atoms with Gasteiger partial charge in [0.05, 0.1) is 27.9 Å². The number of benzene rings is 3. The number of hydrogen-bond donors (Lipinski definition) is 2. The van der Waals surface area contributed by atoms with Crippen LogP contribution in [0.3, 0.4) is 0 Å². The van der Waals surface area contributed by atoms with Crippen molar-refractivity contribution in [2.24, 2.45) is 0 Å². The third-order valence-corrected chi connectivity index (χ3v) is 8.23. The van der Waals surface area contributed by atoms with E-state index in [1.807, 2.05) is 0 Å². The molecular weight excluding hydrogens is 452 g/mol. The molecule has 0 aromatic heterocycles. The third-order valence-electron chi connectivity index (χ3n) is 4.82. The van der Waals surface area contributed by atoms with Crippen molar-refractivity contribution in [2.45, 2.75) is 28.9 Å². The molecule has 0 aliphatic rings. The summed E-state index contributed by atoms with van der Waals surface area (Å²) in [6.45, 7) is 2.14. The highest BCUT2D eigenvalue weighted by Crippen LogP contribution is 2.27. The number of sulfone groups is 2. The molecule has 0 radical (unpaired) electrons. The van der Waals surface area contributed by atoms with Crippen LogP contribution in [0.25, 0.3) is 0 Å². The molecule has 32 heavy (non-hydrogen) atoms. The summed E-state index contributed by atoms with van der Waals surface area (Å²) < 4.78 is 56.5. The predicted molar refractivity (Wildman–Crippen MR) is 120 cm³/mol. The van der Waals surface area contributed by atoms with Crippen molar-refractivity contribution in [1.82, 2.24) is 0 Å². The fourth-order valence-corrected chi connectivity index (χ4v) is 5.81. The monoisotopic (exact) mass is 476 g/mol. The zero-order valence-corrected chi connectivity index (χ0v) is 19.1. The van der Waals surface area contributed by atoms with Gasteiger partial charge < -0.3 is 14.9 Å². The molecule has 0 amide bonds. The Balaban J connectivity index is 1.84. The zero-order valence-electron chi connectivity index (χ0n) is 17.4. The molecule has 0 unspecified atom stereocenters. The summed E-state index contributed by atoms with van der Waals surface area (Å²) in [4.78, 5) is 0.175. The summed E-state index contributed by atoms with van der Waals surface area (Å²) in [5, 5.41) is 18.8. The van der Waals surface area contributed by atoms with Crippen LogP contribution in [-0.2, 0) is 31.8 Å². The summed E-state index contributed by atoms with van der Waals surface area (Å²) in [7, 11) is -7.29. The van der Waals surface area contributed by atoms with Crippen LogP contribution in [0.1, 0.15) is 18.1 Å². The van der Waals surface area contributed by atoms with E-state index >= 15 is 0 Å².